The van der Waals surface area contributed by atoms with Crippen LogP contribution in [-0.4, -0.2) is 49.3 Å². The monoisotopic (exact) mass is 240 g/mol. The van der Waals surface area contributed by atoms with E-state index in [9.17, 15) is 0 Å². The Bertz CT molecular complexity index is 222. The van der Waals surface area contributed by atoms with Gasteiger partial charge < -0.3 is 10.1 Å². The normalized spacial score (nSPS) is 40.4. The fourth-order valence-electron chi connectivity index (χ4n) is 3.60. The van der Waals surface area contributed by atoms with Gasteiger partial charge >= 0.3 is 0 Å². The van der Waals surface area contributed by atoms with Gasteiger partial charge in [0.05, 0.1) is 12.2 Å². The van der Waals surface area contributed by atoms with E-state index in [-0.39, 0.29) is 0 Å². The molecule has 0 aliphatic carbocycles. The lowest BCUT2D eigenvalue weighted by Gasteiger charge is -2.45. The summed E-state index contributed by atoms with van der Waals surface area (Å²) in [6, 6.07) is 1.49. The van der Waals surface area contributed by atoms with Crippen molar-refractivity contribution in [3.8, 4) is 0 Å². The molecule has 0 saturated carbocycles. The average Bonchev–Trinajstić information content (AvgIpc) is 2.29. The fraction of sp³-hybridized carbons (Fsp3) is 1.00. The molecule has 0 aromatic rings. The molecular formula is C14H28N2O. The molecule has 17 heavy (non-hydrogen) atoms. The molecule has 2 aliphatic rings. The van der Waals surface area contributed by atoms with Crippen LogP contribution >= 0.6 is 0 Å². The van der Waals surface area contributed by atoms with E-state index in [1.54, 1.807) is 0 Å². The molecule has 2 rings (SSSR count). The van der Waals surface area contributed by atoms with Crippen molar-refractivity contribution >= 4 is 0 Å². The minimum Gasteiger partial charge on any atom is -0.375 e. The van der Waals surface area contributed by atoms with Crippen LogP contribution in [0, 0.1) is 0 Å². The second-order valence-electron chi connectivity index (χ2n) is 5.83. The molecule has 0 amide bonds. The van der Waals surface area contributed by atoms with Crippen LogP contribution in [0.1, 0.15) is 46.0 Å². The van der Waals surface area contributed by atoms with Gasteiger partial charge in [0.25, 0.3) is 0 Å². The summed E-state index contributed by atoms with van der Waals surface area (Å²) >= 11 is 0. The fourth-order valence-corrected chi connectivity index (χ4v) is 3.60. The first-order valence-corrected chi connectivity index (χ1v) is 7.26. The van der Waals surface area contributed by atoms with Crippen molar-refractivity contribution < 1.29 is 4.74 Å². The molecule has 3 heteroatoms. The minimum absolute atomic E-state index is 0.431. The average molecular weight is 240 g/mol. The molecular weight excluding hydrogens is 212 g/mol. The van der Waals surface area contributed by atoms with Gasteiger partial charge in [-0.25, -0.2) is 0 Å². The van der Waals surface area contributed by atoms with Gasteiger partial charge in [0.2, 0.25) is 0 Å². The molecule has 2 fully saturated rings. The maximum atomic E-state index is 5.86. The Hall–Kier alpha value is -0.120. The first-order valence-electron chi connectivity index (χ1n) is 7.26. The topological polar surface area (TPSA) is 24.5 Å². The van der Waals surface area contributed by atoms with Gasteiger partial charge in [0.1, 0.15) is 0 Å². The van der Waals surface area contributed by atoms with Gasteiger partial charge in [-0.3, -0.25) is 4.90 Å². The summed E-state index contributed by atoms with van der Waals surface area (Å²) in [6.45, 7) is 6.87. The van der Waals surface area contributed by atoms with Gasteiger partial charge in [0, 0.05) is 18.6 Å². The Labute approximate surface area is 106 Å². The minimum atomic E-state index is 0.431. The predicted octanol–water partition coefficient (Wildman–Crippen LogP) is 2.02. The summed E-state index contributed by atoms with van der Waals surface area (Å²) in [4.78, 5) is 2.76. The number of hydrogen-bond acceptors (Lipinski definition) is 3. The predicted molar refractivity (Wildman–Crippen MR) is 71.3 cm³/mol. The first kappa shape index (κ1) is 13.3. The van der Waals surface area contributed by atoms with Crippen molar-refractivity contribution in [3.63, 3.8) is 0 Å². The van der Waals surface area contributed by atoms with E-state index in [0.29, 0.717) is 12.2 Å². The van der Waals surface area contributed by atoms with Crippen LogP contribution in [0.15, 0.2) is 0 Å². The third-order valence-corrected chi connectivity index (χ3v) is 4.25. The molecule has 100 valence electrons. The lowest BCUT2D eigenvalue weighted by atomic mass is 9.92. The van der Waals surface area contributed by atoms with Crippen LogP contribution in [0.4, 0.5) is 0 Å². The highest BCUT2D eigenvalue weighted by atomic mass is 16.5. The van der Waals surface area contributed by atoms with Crippen molar-refractivity contribution in [1.82, 2.24) is 10.2 Å². The molecule has 0 radical (unpaired) electrons. The zero-order valence-electron chi connectivity index (χ0n) is 11.6. The van der Waals surface area contributed by atoms with Crippen LogP contribution < -0.4 is 5.32 Å². The van der Waals surface area contributed by atoms with Crippen molar-refractivity contribution in [2.24, 2.45) is 0 Å². The van der Waals surface area contributed by atoms with E-state index >= 15 is 0 Å². The van der Waals surface area contributed by atoms with E-state index in [1.165, 1.54) is 38.6 Å². The standard InChI is InChI=1S/C14H28N2O/c1-11-8-14(9-12(2)17-11)16-7-5-4-6-13(16)10-15-3/h11-15H,4-10H2,1-3H3. The molecule has 2 heterocycles. The van der Waals surface area contributed by atoms with Crippen LogP contribution in [0.25, 0.3) is 0 Å². The number of nitrogens with zero attached hydrogens (tertiary/aromatic N) is 1. The third kappa shape index (κ3) is 3.43. The SMILES string of the molecule is CNCC1CCCCN1C1CC(C)OC(C)C1. The van der Waals surface area contributed by atoms with Gasteiger partial charge in [-0.05, 0) is 53.1 Å². The maximum absolute atomic E-state index is 5.86. The smallest absolute Gasteiger partial charge is 0.0565 e. The summed E-state index contributed by atoms with van der Waals surface area (Å²) in [6.07, 6.45) is 7.43. The number of likely N-dealkylation sites (tertiary alicyclic amines) is 1. The third-order valence-electron chi connectivity index (χ3n) is 4.25. The lowest BCUT2D eigenvalue weighted by Crippen LogP contribution is -2.53. The summed E-state index contributed by atoms with van der Waals surface area (Å²) in [5.41, 5.74) is 0. The molecule has 0 aromatic heterocycles. The second-order valence-corrected chi connectivity index (χ2v) is 5.83. The number of rotatable bonds is 3. The van der Waals surface area contributed by atoms with E-state index < -0.39 is 0 Å². The van der Waals surface area contributed by atoms with Gasteiger partial charge in [-0.15, -0.1) is 0 Å². The highest BCUT2D eigenvalue weighted by molar-refractivity contribution is 4.88. The van der Waals surface area contributed by atoms with E-state index in [1.807, 2.05) is 0 Å². The summed E-state index contributed by atoms with van der Waals surface area (Å²) < 4.78 is 5.86. The summed E-state index contributed by atoms with van der Waals surface area (Å²) in [5.74, 6) is 0. The van der Waals surface area contributed by atoms with Crippen LogP contribution in [0.3, 0.4) is 0 Å². The van der Waals surface area contributed by atoms with E-state index in [4.69, 9.17) is 4.74 Å². The highest BCUT2D eigenvalue weighted by Gasteiger charge is 2.33. The van der Waals surface area contributed by atoms with Crippen molar-refractivity contribution in [3.05, 3.63) is 0 Å². The van der Waals surface area contributed by atoms with Gasteiger partial charge in [0.15, 0.2) is 0 Å². The zero-order chi connectivity index (χ0) is 12.3. The Balaban J connectivity index is 1.97. The summed E-state index contributed by atoms with van der Waals surface area (Å²) in [7, 11) is 2.07. The molecule has 1 N–H and O–H groups in total. The molecule has 0 aromatic carbocycles. The number of likely N-dealkylation sites (N-methyl/N-ethyl adjacent to an activating group) is 1. The molecule has 2 saturated heterocycles. The molecule has 3 unspecified atom stereocenters. The van der Waals surface area contributed by atoms with Crippen molar-refractivity contribution in [2.75, 3.05) is 20.1 Å². The molecule has 2 aliphatic heterocycles. The van der Waals surface area contributed by atoms with E-state index in [2.05, 4.69) is 31.1 Å². The summed E-state index contributed by atoms with van der Waals surface area (Å²) in [5, 5.41) is 3.36. The highest BCUT2D eigenvalue weighted by Crippen LogP contribution is 2.28. The molecule has 0 bridgehead atoms. The maximum Gasteiger partial charge on any atom is 0.0565 e. The largest absolute Gasteiger partial charge is 0.375 e. The lowest BCUT2D eigenvalue weighted by molar-refractivity contribution is -0.0763. The van der Waals surface area contributed by atoms with Crippen molar-refractivity contribution in [2.45, 2.75) is 70.2 Å². The Morgan fingerprint density at radius 1 is 1.18 bits per heavy atom. The van der Waals surface area contributed by atoms with Crippen LogP contribution in [-0.2, 0) is 4.74 Å². The van der Waals surface area contributed by atoms with Crippen LogP contribution in [0.2, 0.25) is 0 Å². The molecule has 0 spiro atoms. The molecule has 3 atom stereocenters. The second kappa shape index (κ2) is 6.17. The van der Waals surface area contributed by atoms with Gasteiger partial charge in [-0.1, -0.05) is 6.42 Å². The molecule has 3 nitrogen and oxygen atoms in total. The number of hydrogen-bond donors (Lipinski definition) is 1. The Kier molecular flexibility index (Phi) is 4.83. The quantitative estimate of drug-likeness (QED) is 0.817. The Morgan fingerprint density at radius 2 is 1.88 bits per heavy atom. The number of piperidine rings is 1. The van der Waals surface area contributed by atoms with Gasteiger partial charge in [-0.2, -0.15) is 0 Å². The number of nitrogens with one attached hydrogen (secondary N) is 1. The number of ether oxygens (including phenoxy) is 1. The zero-order valence-corrected chi connectivity index (χ0v) is 11.6. The van der Waals surface area contributed by atoms with Crippen molar-refractivity contribution in [1.29, 1.82) is 0 Å². The first-order chi connectivity index (χ1) is 8.20. The van der Waals surface area contributed by atoms with E-state index in [0.717, 1.165) is 18.6 Å². The Morgan fingerprint density at radius 3 is 2.53 bits per heavy atom. The van der Waals surface area contributed by atoms with Crippen LogP contribution in [0.5, 0.6) is 0 Å².